The van der Waals surface area contributed by atoms with Gasteiger partial charge < -0.3 is 10.3 Å². The van der Waals surface area contributed by atoms with Crippen molar-refractivity contribution >= 4 is 45.2 Å². The second-order valence-electron chi connectivity index (χ2n) is 5.50. The van der Waals surface area contributed by atoms with E-state index in [1.54, 1.807) is 35.6 Å². The van der Waals surface area contributed by atoms with Crippen molar-refractivity contribution in [2.75, 3.05) is 5.32 Å². The van der Waals surface area contributed by atoms with E-state index in [4.69, 9.17) is 11.6 Å². The zero-order valence-corrected chi connectivity index (χ0v) is 14.2. The van der Waals surface area contributed by atoms with Crippen LogP contribution in [0.4, 0.5) is 18.9 Å². The number of amides is 1. The molecule has 0 aliphatic heterocycles. The van der Waals surface area contributed by atoms with Crippen LogP contribution in [0.5, 0.6) is 0 Å². The lowest BCUT2D eigenvalue weighted by molar-refractivity contribution is -0.167. The molecule has 0 saturated carbocycles. The van der Waals surface area contributed by atoms with E-state index in [2.05, 4.69) is 9.97 Å². The number of H-pyrrole nitrogens is 1. The van der Waals surface area contributed by atoms with Crippen LogP contribution in [0.15, 0.2) is 53.3 Å². The molecule has 0 atom stereocenters. The quantitative estimate of drug-likeness (QED) is 0.701. The summed E-state index contributed by atoms with van der Waals surface area (Å²) in [7, 11) is 0. The first-order valence-corrected chi connectivity index (χ1v) is 7.97. The molecule has 5 nitrogen and oxygen atoms in total. The van der Waals surface area contributed by atoms with Crippen LogP contribution < -0.4 is 10.9 Å². The van der Waals surface area contributed by atoms with E-state index in [1.807, 2.05) is 0 Å². The smallest absolute Gasteiger partial charge is 0.318 e. The van der Waals surface area contributed by atoms with Gasteiger partial charge in [0.05, 0.1) is 15.9 Å². The van der Waals surface area contributed by atoms with Gasteiger partial charge in [0.2, 0.25) is 0 Å². The fourth-order valence-electron chi connectivity index (χ4n) is 2.32. The highest BCUT2D eigenvalue weighted by Crippen LogP contribution is 2.23. The largest absolute Gasteiger partial charge is 0.471 e. The van der Waals surface area contributed by atoms with E-state index in [-0.39, 0.29) is 22.1 Å². The maximum atomic E-state index is 12.3. The number of para-hydroxylation sites is 1. The van der Waals surface area contributed by atoms with Gasteiger partial charge in [0, 0.05) is 5.69 Å². The van der Waals surface area contributed by atoms with E-state index < -0.39 is 12.1 Å². The van der Waals surface area contributed by atoms with Crippen molar-refractivity contribution in [2.45, 2.75) is 6.18 Å². The number of alkyl halides is 3. The normalized spacial score (nSPS) is 12.2. The van der Waals surface area contributed by atoms with E-state index in [0.717, 1.165) is 0 Å². The van der Waals surface area contributed by atoms with E-state index in [1.165, 1.54) is 24.3 Å². The second kappa shape index (κ2) is 7.24. The van der Waals surface area contributed by atoms with Gasteiger partial charge in [-0.3, -0.25) is 9.59 Å². The van der Waals surface area contributed by atoms with Crippen LogP contribution in [0.25, 0.3) is 22.0 Å². The molecular formula is C18H11ClF3N3O2. The highest BCUT2D eigenvalue weighted by atomic mass is 35.5. The molecule has 0 fully saturated rings. The summed E-state index contributed by atoms with van der Waals surface area (Å²) in [4.78, 5) is 29.9. The number of aromatic nitrogens is 2. The van der Waals surface area contributed by atoms with Crippen LogP contribution in [-0.4, -0.2) is 22.1 Å². The highest BCUT2D eigenvalue weighted by Gasteiger charge is 2.38. The van der Waals surface area contributed by atoms with Crippen LogP contribution in [0.3, 0.4) is 0 Å². The Morgan fingerprint density at radius 3 is 2.63 bits per heavy atom. The van der Waals surface area contributed by atoms with E-state index >= 15 is 0 Å². The van der Waals surface area contributed by atoms with Gasteiger partial charge in [0.1, 0.15) is 0 Å². The van der Waals surface area contributed by atoms with Gasteiger partial charge in [-0.1, -0.05) is 35.9 Å². The fraction of sp³-hybridized carbons (Fsp3) is 0.0556. The Morgan fingerprint density at radius 1 is 1.15 bits per heavy atom. The lowest BCUT2D eigenvalue weighted by atomic mass is 10.2. The third-order valence-electron chi connectivity index (χ3n) is 3.53. The van der Waals surface area contributed by atoms with Crippen molar-refractivity contribution in [3.05, 3.63) is 70.3 Å². The minimum Gasteiger partial charge on any atom is -0.318 e. The van der Waals surface area contributed by atoms with Crippen LogP contribution in [0.1, 0.15) is 11.4 Å². The predicted molar refractivity (Wildman–Crippen MR) is 97.2 cm³/mol. The summed E-state index contributed by atoms with van der Waals surface area (Å²) >= 11 is 6.20. The van der Waals surface area contributed by atoms with Crippen molar-refractivity contribution in [3.8, 4) is 0 Å². The number of hydrogen-bond acceptors (Lipinski definition) is 3. The average molecular weight is 394 g/mol. The number of carbonyl (C=O) groups is 1. The van der Waals surface area contributed by atoms with Crippen molar-refractivity contribution in [3.63, 3.8) is 0 Å². The molecule has 3 rings (SSSR count). The number of halogens is 4. The summed E-state index contributed by atoms with van der Waals surface area (Å²) in [5, 5.41) is 2.24. The number of anilines is 1. The maximum absolute atomic E-state index is 12.3. The molecule has 1 aromatic heterocycles. The molecule has 0 radical (unpaired) electrons. The van der Waals surface area contributed by atoms with Gasteiger partial charge in [-0.15, -0.1) is 0 Å². The van der Waals surface area contributed by atoms with Gasteiger partial charge >= 0.3 is 12.1 Å². The van der Waals surface area contributed by atoms with E-state index in [0.29, 0.717) is 16.5 Å². The minimum atomic E-state index is -4.99. The van der Waals surface area contributed by atoms with Gasteiger partial charge in [-0.2, -0.15) is 13.2 Å². The number of carbonyl (C=O) groups excluding carboxylic acids is 1. The first kappa shape index (κ1) is 18.7. The average Bonchev–Trinajstić information content (AvgIpc) is 2.61. The number of aromatic amines is 1. The fourth-order valence-corrected chi connectivity index (χ4v) is 2.54. The van der Waals surface area contributed by atoms with Gasteiger partial charge in [-0.25, -0.2) is 4.98 Å². The van der Waals surface area contributed by atoms with Crippen LogP contribution in [0, 0.1) is 0 Å². The number of hydrogen-bond donors (Lipinski definition) is 2. The van der Waals surface area contributed by atoms with Gasteiger partial charge in [0.25, 0.3) is 5.56 Å². The molecule has 0 aliphatic carbocycles. The standard InChI is InChI=1S/C18H11ClF3N3O2/c19-13(15-24-14-7-2-1-6-12(14)16(26)25-15)9-10-4-3-5-11(8-10)23-17(27)18(20,21)22/h1-9H,(H,23,27)(H,24,25,26)/b13-9-. The van der Waals surface area contributed by atoms with Crippen molar-refractivity contribution < 1.29 is 18.0 Å². The Labute approximate surface area is 155 Å². The molecule has 2 N–H and O–H groups in total. The molecule has 0 unspecified atom stereocenters. The SMILES string of the molecule is O=C(Nc1cccc(/C=C(\Cl)c2nc3ccccc3c(=O)[nH]2)c1)C(F)(F)F. The van der Waals surface area contributed by atoms with Crippen molar-refractivity contribution in [1.29, 1.82) is 0 Å². The van der Waals surface area contributed by atoms with Crippen LogP contribution >= 0.6 is 11.6 Å². The molecule has 27 heavy (non-hydrogen) atoms. The molecule has 138 valence electrons. The number of rotatable bonds is 3. The molecule has 3 aromatic rings. The summed E-state index contributed by atoms with van der Waals surface area (Å²) in [6.07, 6.45) is -3.57. The molecule has 0 bridgehead atoms. The third kappa shape index (κ3) is 4.35. The topological polar surface area (TPSA) is 74.8 Å². The Hall–Kier alpha value is -3.13. The van der Waals surface area contributed by atoms with Crippen molar-refractivity contribution in [2.24, 2.45) is 0 Å². The molecule has 9 heteroatoms. The molecule has 0 aliphatic rings. The minimum absolute atomic E-state index is 0.0458. The number of nitrogens with one attached hydrogen (secondary N) is 2. The van der Waals surface area contributed by atoms with Crippen LogP contribution in [-0.2, 0) is 4.79 Å². The summed E-state index contributed by atoms with van der Waals surface area (Å²) in [5.74, 6) is -1.96. The summed E-state index contributed by atoms with van der Waals surface area (Å²) < 4.78 is 37.0. The third-order valence-corrected chi connectivity index (χ3v) is 3.82. The number of fused-ring (bicyclic) bond motifs is 1. The first-order chi connectivity index (χ1) is 12.7. The first-order valence-electron chi connectivity index (χ1n) is 7.59. The molecule has 2 aromatic carbocycles. The monoisotopic (exact) mass is 393 g/mol. The lowest BCUT2D eigenvalue weighted by Crippen LogP contribution is -2.29. The molecule has 0 saturated heterocycles. The predicted octanol–water partition coefficient (Wildman–Crippen LogP) is 4.16. The maximum Gasteiger partial charge on any atom is 0.471 e. The van der Waals surface area contributed by atoms with E-state index in [9.17, 15) is 22.8 Å². The molecule has 0 spiro atoms. The van der Waals surface area contributed by atoms with Gasteiger partial charge in [-0.05, 0) is 35.9 Å². The zero-order valence-electron chi connectivity index (χ0n) is 13.5. The summed E-state index contributed by atoms with van der Waals surface area (Å²) in [6.45, 7) is 0. The van der Waals surface area contributed by atoms with Crippen LogP contribution in [0.2, 0.25) is 0 Å². The Morgan fingerprint density at radius 2 is 1.89 bits per heavy atom. The molecule has 1 amide bonds. The molecular weight excluding hydrogens is 383 g/mol. The Balaban J connectivity index is 1.92. The zero-order chi connectivity index (χ0) is 19.6. The Kier molecular flexibility index (Phi) is 5.00. The number of benzene rings is 2. The second-order valence-corrected chi connectivity index (χ2v) is 5.91. The highest BCUT2D eigenvalue weighted by molar-refractivity contribution is 6.50. The summed E-state index contributed by atoms with van der Waals surface area (Å²) in [6, 6.07) is 12.4. The molecule has 1 heterocycles. The van der Waals surface area contributed by atoms with Gasteiger partial charge in [0.15, 0.2) is 5.82 Å². The lowest BCUT2D eigenvalue weighted by Gasteiger charge is -2.08. The Bertz CT molecular complexity index is 1110. The van der Waals surface area contributed by atoms with Crippen molar-refractivity contribution in [1.82, 2.24) is 9.97 Å². The number of nitrogens with zero attached hydrogens (tertiary/aromatic N) is 1. The summed E-state index contributed by atoms with van der Waals surface area (Å²) in [5.41, 5.74) is 0.452.